The second-order valence-corrected chi connectivity index (χ2v) is 7.57. The molecular weight excluding hydrogens is 363 g/mol. The zero-order chi connectivity index (χ0) is 17.7. The average molecular weight is 379 g/mol. The van der Waals surface area contributed by atoms with E-state index in [1.165, 1.54) is 11.1 Å². The number of nitrogens with zero attached hydrogens (tertiary/aromatic N) is 2. The first-order chi connectivity index (χ1) is 12.7. The van der Waals surface area contributed by atoms with Crippen molar-refractivity contribution in [1.82, 2.24) is 4.90 Å². The lowest BCUT2D eigenvalue weighted by molar-refractivity contribution is 0.404. The largest absolute Gasteiger partial charge is 0.263 e. The number of rotatable bonds is 3. The van der Waals surface area contributed by atoms with Crippen LogP contribution in [0.15, 0.2) is 83.9 Å². The smallest absolute Gasteiger partial charge is 0.129 e. The van der Waals surface area contributed by atoms with Gasteiger partial charge >= 0.3 is 0 Å². The molecule has 3 aromatic carbocycles. The van der Waals surface area contributed by atoms with E-state index in [4.69, 9.17) is 28.2 Å². The minimum absolute atomic E-state index is 0.0214. The number of aliphatic imine (C=N–C) groups is 1. The molecule has 0 amide bonds. The van der Waals surface area contributed by atoms with Crippen LogP contribution in [-0.4, -0.2) is 16.7 Å². The van der Waals surface area contributed by atoms with Gasteiger partial charge in [0.1, 0.15) is 6.17 Å². The molecule has 0 spiro atoms. The topological polar surface area (TPSA) is 15.4 Å². The van der Waals surface area contributed by atoms with Crippen molar-refractivity contribution in [3.63, 3.8) is 0 Å². The number of hydrogen-bond donors (Lipinski definition) is 0. The highest BCUT2D eigenvalue weighted by molar-refractivity contribution is 6.31. The Morgan fingerprint density at radius 2 is 1.27 bits per heavy atom. The molecule has 1 saturated heterocycles. The molecule has 1 unspecified atom stereocenters. The van der Waals surface area contributed by atoms with Gasteiger partial charge in [-0.2, -0.15) is 0 Å². The van der Waals surface area contributed by atoms with Crippen molar-refractivity contribution in [1.29, 1.82) is 0 Å². The van der Waals surface area contributed by atoms with E-state index < -0.39 is 0 Å². The van der Waals surface area contributed by atoms with Gasteiger partial charge < -0.3 is 0 Å². The summed E-state index contributed by atoms with van der Waals surface area (Å²) >= 11 is 12.1. The summed E-state index contributed by atoms with van der Waals surface area (Å²) in [5.74, 6) is 0. The van der Waals surface area contributed by atoms with Gasteiger partial charge in [-0.05, 0) is 41.0 Å². The van der Waals surface area contributed by atoms with E-state index >= 15 is 0 Å². The lowest BCUT2D eigenvalue weighted by Gasteiger charge is -2.14. The molecule has 5 rings (SSSR count). The van der Waals surface area contributed by atoms with Gasteiger partial charge in [-0.1, -0.05) is 77.8 Å². The minimum Gasteiger partial charge on any atom is -0.263 e. The van der Waals surface area contributed by atoms with Crippen LogP contribution < -0.4 is 0 Å². The fourth-order valence-electron chi connectivity index (χ4n) is 3.87. The van der Waals surface area contributed by atoms with Gasteiger partial charge in [0, 0.05) is 10.0 Å². The van der Waals surface area contributed by atoms with E-state index in [1.807, 2.05) is 24.3 Å². The van der Waals surface area contributed by atoms with Crippen molar-refractivity contribution in [3.05, 3.63) is 106 Å². The Balaban J connectivity index is 1.56. The van der Waals surface area contributed by atoms with Crippen LogP contribution in [0.4, 0.5) is 0 Å². The third-order valence-electron chi connectivity index (χ3n) is 5.12. The second-order valence-electron chi connectivity index (χ2n) is 6.69. The fraction of sp³-hybridized carbons (Fsp3) is 0.136. The van der Waals surface area contributed by atoms with E-state index in [2.05, 4.69) is 59.5 Å². The molecule has 0 radical (unpaired) electrons. The van der Waals surface area contributed by atoms with Crippen molar-refractivity contribution in [2.75, 3.05) is 0 Å². The van der Waals surface area contributed by atoms with E-state index in [1.54, 1.807) is 0 Å². The third-order valence-corrected chi connectivity index (χ3v) is 5.63. The van der Waals surface area contributed by atoms with Gasteiger partial charge in [-0.3, -0.25) is 9.89 Å². The minimum atomic E-state index is 0.0214. The Labute approximate surface area is 162 Å². The van der Waals surface area contributed by atoms with Crippen molar-refractivity contribution in [2.45, 2.75) is 18.2 Å². The molecule has 0 aliphatic carbocycles. The Morgan fingerprint density at radius 3 is 1.92 bits per heavy atom. The summed E-state index contributed by atoms with van der Waals surface area (Å²) in [6.07, 6.45) is 0.0214. The number of halogens is 2. The van der Waals surface area contributed by atoms with Gasteiger partial charge in [0.25, 0.3) is 0 Å². The second kappa shape index (κ2) is 6.24. The average Bonchev–Trinajstić information content (AvgIpc) is 3.29. The number of benzene rings is 3. The van der Waals surface area contributed by atoms with Gasteiger partial charge in [0.05, 0.1) is 17.8 Å². The molecule has 2 heterocycles. The first-order valence-electron chi connectivity index (χ1n) is 8.64. The molecule has 2 nitrogen and oxygen atoms in total. The van der Waals surface area contributed by atoms with Gasteiger partial charge in [-0.25, -0.2) is 0 Å². The Kier molecular flexibility index (Phi) is 3.86. The first kappa shape index (κ1) is 16.1. The molecule has 4 atom stereocenters. The highest BCUT2D eigenvalue weighted by Crippen LogP contribution is 2.55. The Hall–Kier alpha value is -2.13. The van der Waals surface area contributed by atoms with Gasteiger partial charge in [0.15, 0.2) is 0 Å². The van der Waals surface area contributed by atoms with Crippen LogP contribution in [0.25, 0.3) is 0 Å². The standard InChI is InChI=1S/C22H16Cl2N2/c23-17-10-6-14(7-11-17)19-21-20(15-4-2-1-3-5-15)26(21)22(25-19)16-8-12-18(24)13-9-16/h1-13,20-22H/t20-,21+,22-,26?/m1/s1. The predicted octanol–water partition coefficient (Wildman–Crippen LogP) is 5.92. The van der Waals surface area contributed by atoms with E-state index in [0.717, 1.165) is 21.3 Å². The molecule has 2 aliphatic heterocycles. The van der Waals surface area contributed by atoms with Crippen LogP contribution in [0, 0.1) is 0 Å². The summed E-state index contributed by atoms with van der Waals surface area (Å²) in [7, 11) is 0. The molecule has 1 fully saturated rings. The van der Waals surface area contributed by atoms with E-state index in [-0.39, 0.29) is 6.17 Å². The lowest BCUT2D eigenvalue weighted by atomic mass is 10.0. The SMILES string of the molecule is Clc1ccc(C2=N[C@@H](c3ccc(Cl)cc3)N3[C@H](c4ccccc4)[C@H]23)cc1. The molecule has 128 valence electrons. The molecule has 4 heteroatoms. The number of fused-ring (bicyclic) bond motifs is 1. The maximum absolute atomic E-state index is 6.07. The highest BCUT2D eigenvalue weighted by atomic mass is 35.5. The third kappa shape index (κ3) is 2.66. The predicted molar refractivity (Wildman–Crippen MR) is 107 cm³/mol. The van der Waals surface area contributed by atoms with Crippen molar-refractivity contribution < 1.29 is 0 Å². The molecule has 0 saturated carbocycles. The van der Waals surface area contributed by atoms with Crippen LogP contribution in [-0.2, 0) is 0 Å². The maximum atomic E-state index is 6.07. The molecule has 0 aromatic heterocycles. The summed E-state index contributed by atoms with van der Waals surface area (Å²) in [5.41, 5.74) is 4.77. The van der Waals surface area contributed by atoms with E-state index in [0.29, 0.717) is 12.1 Å². The summed E-state index contributed by atoms with van der Waals surface area (Å²) < 4.78 is 0. The fourth-order valence-corrected chi connectivity index (χ4v) is 4.12. The summed E-state index contributed by atoms with van der Waals surface area (Å²) in [4.78, 5) is 7.51. The zero-order valence-electron chi connectivity index (χ0n) is 13.9. The summed E-state index contributed by atoms with van der Waals surface area (Å²) in [6.45, 7) is 0. The van der Waals surface area contributed by atoms with Crippen molar-refractivity contribution in [3.8, 4) is 0 Å². The lowest BCUT2D eigenvalue weighted by Crippen LogP contribution is -2.08. The summed E-state index contributed by atoms with van der Waals surface area (Å²) in [6, 6.07) is 27.3. The maximum Gasteiger partial charge on any atom is 0.129 e. The van der Waals surface area contributed by atoms with Gasteiger partial charge in [0.2, 0.25) is 0 Å². The van der Waals surface area contributed by atoms with Crippen LogP contribution in [0.2, 0.25) is 10.0 Å². The quantitative estimate of drug-likeness (QED) is 0.516. The molecule has 0 bridgehead atoms. The van der Waals surface area contributed by atoms with Crippen LogP contribution in [0.5, 0.6) is 0 Å². The van der Waals surface area contributed by atoms with Crippen LogP contribution in [0.3, 0.4) is 0 Å². The Bertz CT molecular complexity index is 965. The molecule has 0 N–H and O–H groups in total. The molecular formula is C22H16Cl2N2. The molecule has 3 aromatic rings. The van der Waals surface area contributed by atoms with Gasteiger partial charge in [-0.15, -0.1) is 0 Å². The first-order valence-corrected chi connectivity index (χ1v) is 9.39. The normalized spacial score (nSPS) is 26.3. The molecule has 2 aliphatic rings. The van der Waals surface area contributed by atoms with E-state index in [9.17, 15) is 0 Å². The van der Waals surface area contributed by atoms with Crippen molar-refractivity contribution >= 4 is 28.9 Å². The zero-order valence-corrected chi connectivity index (χ0v) is 15.4. The van der Waals surface area contributed by atoms with Crippen molar-refractivity contribution in [2.24, 2.45) is 4.99 Å². The summed E-state index contributed by atoms with van der Waals surface area (Å²) in [5, 5.41) is 1.49. The molecule has 26 heavy (non-hydrogen) atoms. The Morgan fingerprint density at radius 1 is 0.654 bits per heavy atom. The number of hydrogen-bond acceptors (Lipinski definition) is 2. The van der Waals surface area contributed by atoms with Crippen LogP contribution in [0.1, 0.15) is 28.9 Å². The van der Waals surface area contributed by atoms with Crippen LogP contribution >= 0.6 is 23.2 Å². The monoisotopic (exact) mass is 378 g/mol. The highest BCUT2D eigenvalue weighted by Gasteiger charge is 2.59.